The van der Waals surface area contributed by atoms with Crippen LogP contribution in [0.1, 0.15) is 47.0 Å². The van der Waals surface area contributed by atoms with E-state index in [2.05, 4.69) is 37.9 Å². The van der Waals surface area contributed by atoms with Gasteiger partial charge in [-0.3, -0.25) is 0 Å². The molecule has 0 saturated carbocycles. The van der Waals surface area contributed by atoms with Crippen molar-refractivity contribution in [2.24, 2.45) is 5.92 Å². The largest absolute Gasteiger partial charge is 0.311 e. The summed E-state index contributed by atoms with van der Waals surface area (Å²) in [4.78, 5) is 2.60. The summed E-state index contributed by atoms with van der Waals surface area (Å²) in [5.41, 5.74) is 0. The predicted octanol–water partition coefficient (Wildman–Crippen LogP) is 2.49. The lowest BCUT2D eigenvalue weighted by Crippen LogP contribution is -2.46. The van der Waals surface area contributed by atoms with Crippen LogP contribution in [0.3, 0.4) is 0 Å². The van der Waals surface area contributed by atoms with Crippen LogP contribution in [-0.2, 0) is 0 Å². The van der Waals surface area contributed by atoms with Crippen molar-refractivity contribution in [3.63, 3.8) is 0 Å². The Morgan fingerprint density at radius 3 is 2.27 bits per heavy atom. The zero-order chi connectivity index (χ0) is 11.3. The lowest BCUT2D eigenvalue weighted by Gasteiger charge is -2.34. The van der Waals surface area contributed by atoms with E-state index in [-0.39, 0.29) is 0 Å². The molecule has 0 amide bonds. The summed E-state index contributed by atoms with van der Waals surface area (Å²) in [5, 5.41) is 3.75. The molecule has 90 valence electrons. The summed E-state index contributed by atoms with van der Waals surface area (Å²) in [6.07, 6.45) is 3.95. The Balaban J connectivity index is 2.19. The normalized spacial score (nSPS) is 22.2. The molecule has 1 rings (SSSR count). The average Bonchev–Trinajstić information content (AvgIpc) is 2.21. The molecule has 1 atom stereocenters. The fourth-order valence-corrected chi connectivity index (χ4v) is 2.20. The summed E-state index contributed by atoms with van der Waals surface area (Å²) >= 11 is 0. The SMILES string of the molecule is CCCN1CCC(NC(C)C(C)C)CC1. The van der Waals surface area contributed by atoms with Crippen LogP contribution in [0, 0.1) is 5.92 Å². The lowest BCUT2D eigenvalue weighted by atomic mass is 10.0. The van der Waals surface area contributed by atoms with Crippen LogP contribution in [0.5, 0.6) is 0 Å². The highest BCUT2D eigenvalue weighted by atomic mass is 15.1. The van der Waals surface area contributed by atoms with Crippen LogP contribution < -0.4 is 5.32 Å². The second-order valence-electron chi connectivity index (χ2n) is 5.32. The van der Waals surface area contributed by atoms with Crippen molar-refractivity contribution in [2.75, 3.05) is 19.6 Å². The number of hydrogen-bond donors (Lipinski definition) is 1. The second kappa shape index (κ2) is 6.49. The highest BCUT2D eigenvalue weighted by Crippen LogP contribution is 2.12. The van der Waals surface area contributed by atoms with E-state index in [1.807, 2.05) is 0 Å². The Morgan fingerprint density at radius 2 is 1.80 bits per heavy atom. The van der Waals surface area contributed by atoms with Crippen molar-refractivity contribution < 1.29 is 0 Å². The monoisotopic (exact) mass is 212 g/mol. The van der Waals surface area contributed by atoms with Gasteiger partial charge < -0.3 is 10.2 Å². The van der Waals surface area contributed by atoms with Gasteiger partial charge in [-0.05, 0) is 51.7 Å². The standard InChI is InChI=1S/C13H28N2/c1-5-8-15-9-6-13(7-10-15)14-12(4)11(2)3/h11-14H,5-10H2,1-4H3. The molecule has 0 aromatic heterocycles. The quantitative estimate of drug-likeness (QED) is 0.753. The summed E-state index contributed by atoms with van der Waals surface area (Å²) in [6.45, 7) is 13.0. The molecular formula is C13H28N2. The van der Waals surface area contributed by atoms with Gasteiger partial charge in [0.15, 0.2) is 0 Å². The maximum absolute atomic E-state index is 3.75. The molecule has 0 aromatic rings. The van der Waals surface area contributed by atoms with E-state index in [0.717, 1.165) is 12.0 Å². The van der Waals surface area contributed by atoms with E-state index in [0.29, 0.717) is 6.04 Å². The molecule has 1 N–H and O–H groups in total. The molecule has 0 aromatic carbocycles. The van der Waals surface area contributed by atoms with Gasteiger partial charge in [0.2, 0.25) is 0 Å². The van der Waals surface area contributed by atoms with Crippen LogP contribution in [0.2, 0.25) is 0 Å². The van der Waals surface area contributed by atoms with Crippen LogP contribution in [0.4, 0.5) is 0 Å². The molecule has 0 bridgehead atoms. The van der Waals surface area contributed by atoms with Crippen LogP contribution in [-0.4, -0.2) is 36.6 Å². The lowest BCUT2D eigenvalue weighted by molar-refractivity contribution is 0.187. The smallest absolute Gasteiger partial charge is 0.00939 e. The van der Waals surface area contributed by atoms with Crippen molar-refractivity contribution >= 4 is 0 Å². The second-order valence-corrected chi connectivity index (χ2v) is 5.32. The van der Waals surface area contributed by atoms with Crippen LogP contribution in [0.15, 0.2) is 0 Å². The third-order valence-corrected chi connectivity index (χ3v) is 3.63. The van der Waals surface area contributed by atoms with Crippen LogP contribution in [0.25, 0.3) is 0 Å². The Kier molecular flexibility index (Phi) is 5.62. The van der Waals surface area contributed by atoms with Gasteiger partial charge in [-0.1, -0.05) is 20.8 Å². The molecule has 0 spiro atoms. The summed E-state index contributed by atoms with van der Waals surface area (Å²) in [6, 6.07) is 1.42. The summed E-state index contributed by atoms with van der Waals surface area (Å²) < 4.78 is 0. The van der Waals surface area contributed by atoms with Gasteiger partial charge in [0.05, 0.1) is 0 Å². The average molecular weight is 212 g/mol. The van der Waals surface area contributed by atoms with Gasteiger partial charge in [-0.15, -0.1) is 0 Å². The molecule has 1 unspecified atom stereocenters. The number of likely N-dealkylation sites (tertiary alicyclic amines) is 1. The van der Waals surface area contributed by atoms with Crippen molar-refractivity contribution in [3.8, 4) is 0 Å². The molecule has 0 aliphatic carbocycles. The molecular weight excluding hydrogens is 184 g/mol. The predicted molar refractivity (Wildman–Crippen MR) is 67.2 cm³/mol. The van der Waals surface area contributed by atoms with Gasteiger partial charge in [0.1, 0.15) is 0 Å². The van der Waals surface area contributed by atoms with E-state index in [1.54, 1.807) is 0 Å². The maximum Gasteiger partial charge on any atom is 0.00939 e. The van der Waals surface area contributed by atoms with Gasteiger partial charge in [-0.25, -0.2) is 0 Å². The molecule has 1 aliphatic heterocycles. The van der Waals surface area contributed by atoms with Crippen molar-refractivity contribution in [2.45, 2.75) is 59.0 Å². The van der Waals surface area contributed by atoms with Gasteiger partial charge in [-0.2, -0.15) is 0 Å². The zero-order valence-electron chi connectivity index (χ0n) is 10.9. The van der Waals surface area contributed by atoms with Crippen molar-refractivity contribution in [1.29, 1.82) is 0 Å². The minimum atomic E-state index is 0.660. The van der Waals surface area contributed by atoms with E-state index >= 15 is 0 Å². The Morgan fingerprint density at radius 1 is 1.20 bits per heavy atom. The third kappa shape index (κ3) is 4.52. The van der Waals surface area contributed by atoms with Gasteiger partial charge >= 0.3 is 0 Å². The number of nitrogens with zero attached hydrogens (tertiary/aromatic N) is 1. The van der Waals surface area contributed by atoms with E-state index in [1.165, 1.54) is 38.9 Å². The number of piperidine rings is 1. The van der Waals surface area contributed by atoms with E-state index < -0.39 is 0 Å². The van der Waals surface area contributed by atoms with Gasteiger partial charge in [0.25, 0.3) is 0 Å². The van der Waals surface area contributed by atoms with Crippen molar-refractivity contribution in [3.05, 3.63) is 0 Å². The summed E-state index contributed by atoms with van der Waals surface area (Å²) in [5.74, 6) is 0.749. The minimum Gasteiger partial charge on any atom is -0.311 e. The number of nitrogens with one attached hydrogen (secondary N) is 1. The Bertz CT molecular complexity index is 160. The van der Waals surface area contributed by atoms with E-state index in [4.69, 9.17) is 0 Å². The molecule has 2 heteroatoms. The van der Waals surface area contributed by atoms with Gasteiger partial charge in [0, 0.05) is 12.1 Å². The zero-order valence-corrected chi connectivity index (χ0v) is 10.9. The number of rotatable bonds is 5. The summed E-state index contributed by atoms with van der Waals surface area (Å²) in [7, 11) is 0. The molecule has 2 nitrogen and oxygen atoms in total. The first-order valence-corrected chi connectivity index (χ1v) is 6.62. The Labute approximate surface area is 95.4 Å². The number of hydrogen-bond acceptors (Lipinski definition) is 2. The molecule has 1 saturated heterocycles. The molecule has 0 radical (unpaired) electrons. The fourth-order valence-electron chi connectivity index (χ4n) is 2.20. The first-order valence-electron chi connectivity index (χ1n) is 6.62. The minimum absolute atomic E-state index is 0.660. The third-order valence-electron chi connectivity index (χ3n) is 3.63. The molecule has 15 heavy (non-hydrogen) atoms. The first kappa shape index (κ1) is 13.0. The highest BCUT2D eigenvalue weighted by molar-refractivity contribution is 4.80. The Hall–Kier alpha value is -0.0800. The maximum atomic E-state index is 3.75. The first-order chi connectivity index (χ1) is 7.13. The van der Waals surface area contributed by atoms with Crippen LogP contribution >= 0.6 is 0 Å². The van der Waals surface area contributed by atoms with Crippen molar-refractivity contribution in [1.82, 2.24) is 10.2 Å². The fraction of sp³-hybridized carbons (Fsp3) is 1.00. The molecule has 1 aliphatic rings. The topological polar surface area (TPSA) is 15.3 Å². The molecule has 1 fully saturated rings. The van der Waals surface area contributed by atoms with E-state index in [9.17, 15) is 0 Å². The molecule has 1 heterocycles. The highest BCUT2D eigenvalue weighted by Gasteiger charge is 2.20.